The number of hydrogen-bond donors (Lipinski definition) is 2. The molecular formula is C22H27ClN6O3. The van der Waals surface area contributed by atoms with Crippen LogP contribution in [-0.4, -0.2) is 55.8 Å². The van der Waals surface area contributed by atoms with Crippen LogP contribution in [0.5, 0.6) is 5.75 Å². The second kappa shape index (κ2) is 9.01. The molecule has 10 heteroatoms. The van der Waals surface area contributed by atoms with Crippen LogP contribution in [0.3, 0.4) is 0 Å². The normalized spacial score (nSPS) is 15.4. The molecular weight excluding hydrogens is 432 g/mol. The number of piperidine rings is 1. The monoisotopic (exact) mass is 458 g/mol. The molecule has 3 aromatic heterocycles. The number of anilines is 1. The number of pyridine rings is 2. The Kier molecular flexibility index (Phi) is 6.32. The van der Waals surface area contributed by atoms with E-state index in [1.807, 2.05) is 18.4 Å². The number of rotatable bonds is 5. The Balaban J connectivity index is 1.82. The number of nitrogens with two attached hydrogens (primary N) is 1. The van der Waals surface area contributed by atoms with Crippen LogP contribution in [0.2, 0.25) is 5.15 Å². The van der Waals surface area contributed by atoms with Crippen molar-refractivity contribution in [1.29, 1.82) is 0 Å². The van der Waals surface area contributed by atoms with Gasteiger partial charge in [0.25, 0.3) is 0 Å². The van der Waals surface area contributed by atoms with Crippen LogP contribution in [0.15, 0.2) is 17.2 Å². The van der Waals surface area contributed by atoms with E-state index >= 15 is 0 Å². The van der Waals surface area contributed by atoms with E-state index in [0.29, 0.717) is 37.1 Å². The summed E-state index contributed by atoms with van der Waals surface area (Å²) in [5.74, 6) is 0.777. The lowest BCUT2D eigenvalue weighted by molar-refractivity contribution is 0.0790. The van der Waals surface area contributed by atoms with Crippen LogP contribution in [-0.2, 0) is 13.1 Å². The minimum Gasteiger partial charge on any atom is -0.496 e. The molecule has 0 unspecified atom stereocenters. The molecule has 3 aromatic rings. The third kappa shape index (κ3) is 4.28. The summed E-state index contributed by atoms with van der Waals surface area (Å²) < 4.78 is 7.38. The van der Waals surface area contributed by atoms with Crippen molar-refractivity contribution in [2.45, 2.75) is 45.9 Å². The highest BCUT2D eigenvalue weighted by Gasteiger charge is 2.21. The number of nitrogen functional groups attached to an aromatic ring is 1. The standard InChI is InChI=1S/C22H27ClN6O3/c1-12-8-25-16(13(2)19(12)32-3)11-29-10-14(9-28-6-4-15(30)5-7-28)18(31)17-20(23)26-22(24)27-21(17)29/h8,10,15,30H,4-7,9,11H2,1-3H3,(H2,24,26,27). The number of fused-ring (bicyclic) bond motifs is 1. The van der Waals surface area contributed by atoms with Gasteiger partial charge >= 0.3 is 0 Å². The van der Waals surface area contributed by atoms with Crippen molar-refractivity contribution in [3.63, 3.8) is 0 Å². The van der Waals surface area contributed by atoms with Crippen molar-refractivity contribution in [3.8, 4) is 5.75 Å². The number of methoxy groups -OCH3 is 1. The molecule has 4 rings (SSSR count). The quantitative estimate of drug-likeness (QED) is 0.557. The molecule has 32 heavy (non-hydrogen) atoms. The van der Waals surface area contributed by atoms with E-state index in [1.54, 1.807) is 19.5 Å². The van der Waals surface area contributed by atoms with Gasteiger partial charge < -0.3 is 20.1 Å². The van der Waals surface area contributed by atoms with Gasteiger partial charge in [-0.15, -0.1) is 0 Å². The van der Waals surface area contributed by atoms with Crippen LogP contribution in [0.25, 0.3) is 11.0 Å². The van der Waals surface area contributed by atoms with E-state index in [1.165, 1.54) is 0 Å². The van der Waals surface area contributed by atoms with Crippen molar-refractivity contribution >= 4 is 28.6 Å². The average Bonchev–Trinajstić information content (AvgIpc) is 2.74. The van der Waals surface area contributed by atoms with Crippen molar-refractivity contribution in [3.05, 3.63) is 50.2 Å². The molecule has 0 atom stereocenters. The molecule has 4 heterocycles. The van der Waals surface area contributed by atoms with Crippen LogP contribution < -0.4 is 15.9 Å². The van der Waals surface area contributed by atoms with Crippen LogP contribution in [0.1, 0.15) is 35.2 Å². The predicted molar refractivity (Wildman–Crippen MR) is 123 cm³/mol. The molecule has 0 radical (unpaired) electrons. The molecule has 0 aliphatic carbocycles. The van der Waals surface area contributed by atoms with E-state index in [2.05, 4.69) is 19.9 Å². The first-order valence-electron chi connectivity index (χ1n) is 10.5. The highest BCUT2D eigenvalue weighted by molar-refractivity contribution is 6.34. The fourth-order valence-corrected chi connectivity index (χ4v) is 4.51. The highest BCUT2D eigenvalue weighted by Crippen LogP contribution is 2.26. The van der Waals surface area contributed by atoms with Gasteiger partial charge in [-0.3, -0.25) is 14.7 Å². The number of aliphatic hydroxyl groups is 1. The van der Waals surface area contributed by atoms with Gasteiger partial charge in [-0.05, 0) is 26.7 Å². The molecule has 0 spiro atoms. The van der Waals surface area contributed by atoms with E-state index in [9.17, 15) is 9.90 Å². The summed E-state index contributed by atoms with van der Waals surface area (Å²) in [6.07, 6.45) is 4.66. The molecule has 1 fully saturated rings. The Labute approximate surface area is 190 Å². The molecule has 9 nitrogen and oxygen atoms in total. The van der Waals surface area contributed by atoms with Gasteiger partial charge in [0, 0.05) is 48.7 Å². The minimum absolute atomic E-state index is 0.000383. The van der Waals surface area contributed by atoms with E-state index in [0.717, 1.165) is 35.7 Å². The van der Waals surface area contributed by atoms with Crippen molar-refractivity contribution in [2.75, 3.05) is 25.9 Å². The number of hydrogen-bond acceptors (Lipinski definition) is 8. The lowest BCUT2D eigenvalue weighted by Gasteiger charge is -2.29. The first kappa shape index (κ1) is 22.4. The van der Waals surface area contributed by atoms with E-state index in [-0.39, 0.29) is 28.0 Å². The largest absolute Gasteiger partial charge is 0.496 e. The Morgan fingerprint density at radius 1 is 1.25 bits per heavy atom. The zero-order valence-electron chi connectivity index (χ0n) is 18.4. The number of aryl methyl sites for hydroxylation is 1. The summed E-state index contributed by atoms with van der Waals surface area (Å²) in [5, 5.41) is 10.1. The van der Waals surface area contributed by atoms with Crippen LogP contribution in [0, 0.1) is 13.8 Å². The van der Waals surface area contributed by atoms with Crippen LogP contribution in [0.4, 0.5) is 5.95 Å². The summed E-state index contributed by atoms with van der Waals surface area (Å²) in [7, 11) is 1.63. The molecule has 0 bridgehead atoms. The van der Waals surface area contributed by atoms with Gasteiger partial charge in [-0.25, -0.2) is 4.98 Å². The second-order valence-corrected chi connectivity index (χ2v) is 8.59. The summed E-state index contributed by atoms with van der Waals surface area (Å²) in [6.45, 7) is 6.15. The lowest BCUT2D eigenvalue weighted by Crippen LogP contribution is -2.36. The van der Waals surface area contributed by atoms with Crippen molar-refractivity contribution in [2.24, 2.45) is 0 Å². The van der Waals surface area contributed by atoms with Gasteiger partial charge in [0.15, 0.2) is 11.1 Å². The molecule has 1 aliphatic heterocycles. The molecule has 1 aliphatic rings. The minimum atomic E-state index is -0.282. The zero-order chi connectivity index (χ0) is 23.0. The summed E-state index contributed by atoms with van der Waals surface area (Å²) >= 11 is 6.35. The second-order valence-electron chi connectivity index (χ2n) is 8.24. The van der Waals surface area contributed by atoms with E-state index in [4.69, 9.17) is 22.1 Å². The Hall–Kier alpha value is -2.75. The van der Waals surface area contributed by atoms with Gasteiger partial charge in [0.05, 0.1) is 25.5 Å². The van der Waals surface area contributed by atoms with E-state index < -0.39 is 0 Å². The fraction of sp³-hybridized carbons (Fsp3) is 0.455. The van der Waals surface area contributed by atoms with Crippen molar-refractivity contribution in [1.82, 2.24) is 24.4 Å². The average molecular weight is 459 g/mol. The van der Waals surface area contributed by atoms with Gasteiger partial charge in [0.1, 0.15) is 16.3 Å². The number of ether oxygens (including phenoxy) is 1. The molecule has 0 saturated carbocycles. The first-order valence-corrected chi connectivity index (χ1v) is 10.9. The summed E-state index contributed by atoms with van der Waals surface area (Å²) in [6, 6.07) is 0. The molecule has 3 N–H and O–H groups in total. The SMILES string of the molecule is COc1c(C)cnc(Cn2cc(CN3CCC(O)CC3)c(=O)c3c(Cl)nc(N)nc32)c1C. The lowest BCUT2D eigenvalue weighted by atomic mass is 10.1. The summed E-state index contributed by atoms with van der Waals surface area (Å²) in [5.41, 5.74) is 9.24. The summed E-state index contributed by atoms with van der Waals surface area (Å²) in [4.78, 5) is 28.3. The molecule has 0 amide bonds. The maximum Gasteiger partial charge on any atom is 0.223 e. The molecule has 1 saturated heterocycles. The molecule has 0 aromatic carbocycles. The van der Waals surface area contributed by atoms with Gasteiger partial charge in [-0.2, -0.15) is 4.98 Å². The van der Waals surface area contributed by atoms with Crippen molar-refractivity contribution < 1.29 is 9.84 Å². The number of likely N-dealkylation sites (tertiary alicyclic amines) is 1. The predicted octanol–water partition coefficient (Wildman–Crippen LogP) is 2.05. The Morgan fingerprint density at radius 3 is 2.66 bits per heavy atom. The highest BCUT2D eigenvalue weighted by atomic mass is 35.5. The van der Waals surface area contributed by atoms with Crippen LogP contribution >= 0.6 is 11.6 Å². The number of halogens is 1. The maximum atomic E-state index is 13.3. The number of aromatic nitrogens is 4. The Bertz CT molecular complexity index is 1220. The first-order chi connectivity index (χ1) is 15.3. The van der Waals surface area contributed by atoms with Gasteiger partial charge in [-0.1, -0.05) is 11.6 Å². The third-order valence-electron chi connectivity index (χ3n) is 5.99. The maximum absolute atomic E-state index is 13.3. The third-order valence-corrected chi connectivity index (χ3v) is 6.26. The number of aliphatic hydroxyl groups excluding tert-OH is 1. The smallest absolute Gasteiger partial charge is 0.223 e. The van der Waals surface area contributed by atoms with Gasteiger partial charge in [0.2, 0.25) is 5.95 Å². The number of nitrogens with zero attached hydrogens (tertiary/aromatic N) is 5. The fourth-order valence-electron chi connectivity index (χ4n) is 4.25. The molecule has 170 valence electrons. The Morgan fingerprint density at radius 2 is 1.97 bits per heavy atom. The zero-order valence-corrected chi connectivity index (χ0v) is 19.2. The topological polar surface area (TPSA) is 119 Å².